The van der Waals surface area contributed by atoms with Crippen molar-refractivity contribution >= 4 is 0 Å². The summed E-state index contributed by atoms with van der Waals surface area (Å²) in [5, 5.41) is 17.9. The van der Waals surface area contributed by atoms with Crippen molar-refractivity contribution < 1.29 is 9.50 Å². The van der Waals surface area contributed by atoms with Crippen LogP contribution in [0.4, 0.5) is 4.39 Å². The second-order valence-corrected chi connectivity index (χ2v) is 4.64. The number of rotatable bonds is 2. The molecule has 0 saturated heterocycles. The molecule has 2 aromatic rings. The fourth-order valence-corrected chi connectivity index (χ4v) is 2.33. The standard InChI is InChI=1S/C13H14FN3O/c14-10-3-1-2-9(6-10)7-13-16-15-12-5-4-11(18)8-17(12)13/h1-3,6,11,18H,4-5,7-8H2. The van der Waals surface area contributed by atoms with Crippen molar-refractivity contribution in [3.05, 3.63) is 47.3 Å². The van der Waals surface area contributed by atoms with Gasteiger partial charge in [0, 0.05) is 12.8 Å². The van der Waals surface area contributed by atoms with Crippen molar-refractivity contribution in [1.82, 2.24) is 14.8 Å². The van der Waals surface area contributed by atoms with Crippen molar-refractivity contribution in [3.63, 3.8) is 0 Å². The van der Waals surface area contributed by atoms with Crippen molar-refractivity contribution in [3.8, 4) is 0 Å². The van der Waals surface area contributed by atoms with Gasteiger partial charge in [0.1, 0.15) is 17.5 Å². The molecule has 1 aliphatic heterocycles. The molecule has 5 heteroatoms. The number of hydrogen-bond acceptors (Lipinski definition) is 3. The minimum atomic E-state index is -0.334. The van der Waals surface area contributed by atoms with Gasteiger partial charge in [-0.15, -0.1) is 10.2 Å². The summed E-state index contributed by atoms with van der Waals surface area (Å²) in [4.78, 5) is 0. The molecule has 1 aromatic carbocycles. The van der Waals surface area contributed by atoms with Crippen LogP contribution in [0.5, 0.6) is 0 Å². The molecular weight excluding hydrogens is 233 g/mol. The molecule has 94 valence electrons. The van der Waals surface area contributed by atoms with E-state index in [4.69, 9.17) is 0 Å². The summed E-state index contributed by atoms with van der Waals surface area (Å²) in [5.74, 6) is 1.45. The third-order valence-corrected chi connectivity index (χ3v) is 3.25. The number of hydrogen-bond donors (Lipinski definition) is 1. The molecular formula is C13H14FN3O. The normalized spacial score (nSPS) is 18.7. The monoisotopic (exact) mass is 247 g/mol. The minimum absolute atomic E-state index is 0.245. The molecule has 0 aliphatic carbocycles. The van der Waals surface area contributed by atoms with E-state index in [1.807, 2.05) is 10.6 Å². The molecule has 1 unspecified atom stereocenters. The van der Waals surface area contributed by atoms with Crippen LogP contribution in [0.15, 0.2) is 24.3 Å². The maximum absolute atomic E-state index is 13.1. The molecule has 3 rings (SSSR count). The van der Waals surface area contributed by atoms with Crippen LogP contribution in [-0.4, -0.2) is 26.0 Å². The summed E-state index contributed by atoms with van der Waals surface area (Å²) in [6.45, 7) is 0.535. The van der Waals surface area contributed by atoms with E-state index in [0.717, 1.165) is 30.1 Å². The number of aryl methyl sites for hydroxylation is 1. The summed E-state index contributed by atoms with van der Waals surface area (Å²) in [6, 6.07) is 6.48. The van der Waals surface area contributed by atoms with Gasteiger partial charge in [-0.2, -0.15) is 0 Å². The van der Waals surface area contributed by atoms with Gasteiger partial charge in [-0.25, -0.2) is 4.39 Å². The third kappa shape index (κ3) is 2.13. The molecule has 1 aliphatic rings. The summed E-state index contributed by atoms with van der Waals surface area (Å²) >= 11 is 0. The zero-order valence-corrected chi connectivity index (χ0v) is 9.88. The van der Waals surface area contributed by atoms with Gasteiger partial charge < -0.3 is 9.67 Å². The largest absolute Gasteiger partial charge is 0.391 e. The van der Waals surface area contributed by atoms with Crippen molar-refractivity contribution in [2.24, 2.45) is 0 Å². The second-order valence-electron chi connectivity index (χ2n) is 4.64. The number of nitrogens with zero attached hydrogens (tertiary/aromatic N) is 3. The Labute approximate surface area is 104 Å². The van der Waals surface area contributed by atoms with E-state index in [1.165, 1.54) is 12.1 Å². The maximum Gasteiger partial charge on any atom is 0.137 e. The first-order chi connectivity index (χ1) is 8.72. The summed E-state index contributed by atoms with van der Waals surface area (Å²) in [6.07, 6.45) is 1.69. The number of benzene rings is 1. The Balaban J connectivity index is 1.87. The van der Waals surface area contributed by atoms with Gasteiger partial charge in [0.15, 0.2) is 0 Å². The molecule has 0 spiro atoms. The van der Waals surface area contributed by atoms with Crippen LogP contribution in [0.3, 0.4) is 0 Å². The van der Waals surface area contributed by atoms with Crippen LogP contribution in [0, 0.1) is 5.82 Å². The Kier molecular flexibility index (Phi) is 2.83. The fourth-order valence-electron chi connectivity index (χ4n) is 2.33. The summed E-state index contributed by atoms with van der Waals surface area (Å²) < 4.78 is 15.1. The molecule has 0 radical (unpaired) electrons. The third-order valence-electron chi connectivity index (χ3n) is 3.25. The fraction of sp³-hybridized carbons (Fsp3) is 0.385. The van der Waals surface area contributed by atoms with Gasteiger partial charge in [0.2, 0.25) is 0 Å². The number of fused-ring (bicyclic) bond motifs is 1. The molecule has 0 saturated carbocycles. The molecule has 0 fully saturated rings. The van der Waals surface area contributed by atoms with E-state index >= 15 is 0 Å². The molecule has 1 N–H and O–H groups in total. The average molecular weight is 247 g/mol. The highest BCUT2D eigenvalue weighted by Crippen LogP contribution is 2.17. The number of halogens is 1. The van der Waals surface area contributed by atoms with Crippen molar-refractivity contribution in [2.75, 3.05) is 0 Å². The lowest BCUT2D eigenvalue weighted by atomic mass is 10.1. The van der Waals surface area contributed by atoms with Crippen LogP contribution >= 0.6 is 0 Å². The Morgan fingerprint density at radius 2 is 2.28 bits per heavy atom. The minimum Gasteiger partial charge on any atom is -0.391 e. The first-order valence-corrected chi connectivity index (χ1v) is 6.06. The van der Waals surface area contributed by atoms with E-state index in [-0.39, 0.29) is 11.9 Å². The predicted molar refractivity (Wildman–Crippen MR) is 63.6 cm³/mol. The number of aliphatic hydroxyl groups is 1. The average Bonchev–Trinajstić information content (AvgIpc) is 2.72. The highest BCUT2D eigenvalue weighted by molar-refractivity contribution is 5.20. The molecule has 4 nitrogen and oxygen atoms in total. The van der Waals surface area contributed by atoms with Crippen LogP contribution < -0.4 is 0 Å². The van der Waals surface area contributed by atoms with Gasteiger partial charge in [0.05, 0.1) is 12.6 Å². The highest BCUT2D eigenvalue weighted by atomic mass is 19.1. The number of aliphatic hydroxyl groups excluding tert-OH is 1. The summed E-state index contributed by atoms with van der Waals surface area (Å²) in [7, 11) is 0. The van der Waals surface area contributed by atoms with E-state index in [0.29, 0.717) is 13.0 Å². The van der Waals surface area contributed by atoms with E-state index < -0.39 is 0 Å². The summed E-state index contributed by atoms with van der Waals surface area (Å²) in [5.41, 5.74) is 0.866. The van der Waals surface area contributed by atoms with Crippen LogP contribution in [0.2, 0.25) is 0 Å². The maximum atomic E-state index is 13.1. The first-order valence-electron chi connectivity index (χ1n) is 6.06. The van der Waals surface area contributed by atoms with Crippen LogP contribution in [-0.2, 0) is 19.4 Å². The lowest BCUT2D eigenvalue weighted by Gasteiger charge is -2.19. The molecule has 0 amide bonds. The zero-order valence-electron chi connectivity index (χ0n) is 9.88. The van der Waals surface area contributed by atoms with Gasteiger partial charge in [-0.1, -0.05) is 12.1 Å². The topological polar surface area (TPSA) is 50.9 Å². The van der Waals surface area contributed by atoms with Gasteiger partial charge >= 0.3 is 0 Å². The van der Waals surface area contributed by atoms with Gasteiger partial charge in [0.25, 0.3) is 0 Å². The van der Waals surface area contributed by atoms with Crippen LogP contribution in [0.25, 0.3) is 0 Å². The van der Waals surface area contributed by atoms with Crippen molar-refractivity contribution in [1.29, 1.82) is 0 Å². The lowest BCUT2D eigenvalue weighted by Crippen LogP contribution is -2.25. The van der Waals surface area contributed by atoms with E-state index in [1.54, 1.807) is 6.07 Å². The smallest absolute Gasteiger partial charge is 0.137 e. The van der Waals surface area contributed by atoms with E-state index in [9.17, 15) is 9.50 Å². The lowest BCUT2D eigenvalue weighted by molar-refractivity contribution is 0.129. The predicted octanol–water partition coefficient (Wildman–Crippen LogP) is 1.32. The Morgan fingerprint density at radius 1 is 1.39 bits per heavy atom. The van der Waals surface area contributed by atoms with Crippen LogP contribution in [0.1, 0.15) is 23.6 Å². The molecule has 0 bridgehead atoms. The zero-order chi connectivity index (χ0) is 12.5. The SMILES string of the molecule is OC1CCc2nnc(Cc3cccc(F)c3)n2C1. The van der Waals surface area contributed by atoms with E-state index in [2.05, 4.69) is 10.2 Å². The molecule has 18 heavy (non-hydrogen) atoms. The quantitative estimate of drug-likeness (QED) is 0.870. The highest BCUT2D eigenvalue weighted by Gasteiger charge is 2.21. The molecule has 1 aromatic heterocycles. The van der Waals surface area contributed by atoms with Gasteiger partial charge in [-0.3, -0.25) is 0 Å². The van der Waals surface area contributed by atoms with Gasteiger partial charge in [-0.05, 0) is 24.1 Å². The Morgan fingerprint density at radius 3 is 3.11 bits per heavy atom. The molecule has 1 atom stereocenters. The number of aromatic nitrogens is 3. The first kappa shape index (κ1) is 11.3. The second kappa shape index (κ2) is 4.49. The van der Waals surface area contributed by atoms with Crippen molar-refractivity contribution in [2.45, 2.75) is 31.9 Å². The Hall–Kier alpha value is -1.75. The Bertz CT molecular complexity index is 567. The molecule has 2 heterocycles.